The Kier molecular flexibility index (Phi) is 5.19. The van der Waals surface area contributed by atoms with Gasteiger partial charge in [-0.15, -0.1) is 0 Å². The molecule has 120 valence electrons. The first-order valence-corrected chi connectivity index (χ1v) is 7.80. The molecular weight excluding hydrogens is 280 g/mol. The number of carbonyl (C=O) groups is 2. The summed E-state index contributed by atoms with van der Waals surface area (Å²) >= 11 is 0. The fourth-order valence-corrected chi connectivity index (χ4v) is 2.81. The van der Waals surface area contributed by atoms with E-state index in [9.17, 15) is 14.7 Å². The van der Waals surface area contributed by atoms with Crippen LogP contribution in [-0.4, -0.2) is 34.0 Å². The second kappa shape index (κ2) is 6.92. The van der Waals surface area contributed by atoms with Crippen molar-refractivity contribution >= 4 is 17.5 Å². The number of nitrogens with one attached hydrogen (secondary N) is 1. The number of hydrogen-bond donors (Lipinski definition) is 2. The van der Waals surface area contributed by atoms with Crippen molar-refractivity contribution < 1.29 is 14.7 Å². The molecule has 1 heterocycles. The minimum Gasteiger partial charge on any atom is -0.393 e. The summed E-state index contributed by atoms with van der Waals surface area (Å²) in [5, 5.41) is 12.4. The fraction of sp³-hybridized carbons (Fsp3) is 0.529. The van der Waals surface area contributed by atoms with E-state index in [1.165, 1.54) is 0 Å². The van der Waals surface area contributed by atoms with Crippen molar-refractivity contribution in [2.24, 2.45) is 5.92 Å². The molecule has 1 aliphatic rings. The van der Waals surface area contributed by atoms with Crippen molar-refractivity contribution in [2.75, 3.05) is 5.32 Å². The van der Waals surface area contributed by atoms with Crippen molar-refractivity contribution in [1.29, 1.82) is 0 Å². The Morgan fingerprint density at radius 1 is 1.41 bits per heavy atom. The van der Waals surface area contributed by atoms with Crippen LogP contribution in [0.5, 0.6) is 0 Å². The Morgan fingerprint density at radius 3 is 2.73 bits per heavy atom. The molecule has 5 nitrogen and oxygen atoms in total. The lowest BCUT2D eigenvalue weighted by Gasteiger charge is -2.32. The molecule has 2 amide bonds. The maximum absolute atomic E-state index is 12.6. The number of aliphatic hydroxyl groups excluding tert-OH is 1. The molecule has 1 aliphatic heterocycles. The molecule has 2 N–H and O–H groups in total. The Morgan fingerprint density at radius 2 is 2.09 bits per heavy atom. The highest BCUT2D eigenvalue weighted by Gasteiger charge is 2.36. The molecule has 1 aromatic rings. The minimum atomic E-state index is -0.716. The zero-order chi connectivity index (χ0) is 16.3. The maximum Gasteiger partial charge on any atom is 0.247 e. The molecule has 1 unspecified atom stereocenters. The van der Waals surface area contributed by atoms with Gasteiger partial charge in [-0.05, 0) is 24.5 Å². The molecule has 0 fully saturated rings. The first-order chi connectivity index (χ1) is 10.4. The molecule has 0 spiro atoms. The van der Waals surface area contributed by atoms with Gasteiger partial charge in [0.15, 0.2) is 0 Å². The van der Waals surface area contributed by atoms with Crippen LogP contribution >= 0.6 is 0 Å². The van der Waals surface area contributed by atoms with Crippen LogP contribution in [-0.2, 0) is 16.1 Å². The number of aliphatic hydroxyl groups is 1. The van der Waals surface area contributed by atoms with Gasteiger partial charge in [0, 0.05) is 12.2 Å². The van der Waals surface area contributed by atoms with Gasteiger partial charge in [-0.2, -0.15) is 0 Å². The summed E-state index contributed by atoms with van der Waals surface area (Å²) in [5.74, 6) is -0.294. The SMILES string of the molecule is CC[C@H](C)[C@H]1C(=O)Nc2ccccc2CN1C(=O)CC(C)O. The molecular formula is C17H24N2O3. The van der Waals surface area contributed by atoms with Crippen LogP contribution in [0.1, 0.15) is 39.2 Å². The summed E-state index contributed by atoms with van der Waals surface area (Å²) in [6.45, 7) is 5.95. The largest absolute Gasteiger partial charge is 0.393 e. The number of para-hydroxylation sites is 1. The van der Waals surface area contributed by atoms with Crippen molar-refractivity contribution in [1.82, 2.24) is 4.90 Å². The lowest BCUT2D eigenvalue weighted by atomic mass is 9.96. The highest BCUT2D eigenvalue weighted by molar-refractivity contribution is 5.99. The number of anilines is 1. The molecule has 0 saturated heterocycles. The number of carbonyl (C=O) groups excluding carboxylic acids is 2. The summed E-state index contributed by atoms with van der Waals surface area (Å²) in [6.07, 6.45) is 0.113. The van der Waals surface area contributed by atoms with E-state index in [0.717, 1.165) is 17.7 Å². The second-order valence-corrected chi connectivity index (χ2v) is 6.05. The molecule has 5 heteroatoms. The monoisotopic (exact) mass is 304 g/mol. The van der Waals surface area contributed by atoms with Gasteiger partial charge in [-0.1, -0.05) is 38.5 Å². The summed E-state index contributed by atoms with van der Waals surface area (Å²) in [6, 6.07) is 7.01. The second-order valence-electron chi connectivity index (χ2n) is 6.05. The van der Waals surface area contributed by atoms with E-state index in [0.29, 0.717) is 6.54 Å². The van der Waals surface area contributed by atoms with Crippen molar-refractivity contribution in [3.63, 3.8) is 0 Å². The number of nitrogens with zero attached hydrogens (tertiary/aromatic N) is 1. The lowest BCUT2D eigenvalue weighted by molar-refractivity contribution is -0.142. The van der Waals surface area contributed by atoms with Gasteiger partial charge in [0.1, 0.15) is 6.04 Å². The molecule has 2 rings (SSSR count). The first kappa shape index (κ1) is 16.5. The van der Waals surface area contributed by atoms with Crippen LogP contribution < -0.4 is 5.32 Å². The molecule has 0 bridgehead atoms. The first-order valence-electron chi connectivity index (χ1n) is 7.80. The molecule has 0 radical (unpaired) electrons. The van der Waals surface area contributed by atoms with E-state index in [-0.39, 0.29) is 24.2 Å². The average Bonchev–Trinajstić information content (AvgIpc) is 2.61. The quantitative estimate of drug-likeness (QED) is 0.895. The Bertz CT molecular complexity index is 557. The van der Waals surface area contributed by atoms with Crippen molar-refractivity contribution in [3.05, 3.63) is 29.8 Å². The molecule has 1 aromatic carbocycles. The standard InChI is InChI=1S/C17H24N2O3/c1-4-11(2)16-17(22)18-14-8-6-5-7-13(14)10-19(16)15(21)9-12(3)20/h5-8,11-12,16,20H,4,9-10H2,1-3H3,(H,18,22)/t11-,12?,16-/m0/s1. The normalized spacial score (nSPS) is 20.6. The van der Waals surface area contributed by atoms with Gasteiger partial charge in [0.25, 0.3) is 0 Å². The Balaban J connectivity index is 2.39. The summed E-state index contributed by atoms with van der Waals surface area (Å²) < 4.78 is 0. The van der Waals surface area contributed by atoms with Crippen LogP contribution in [0.2, 0.25) is 0 Å². The highest BCUT2D eigenvalue weighted by Crippen LogP contribution is 2.27. The number of hydrogen-bond acceptors (Lipinski definition) is 3. The number of rotatable bonds is 4. The van der Waals surface area contributed by atoms with E-state index in [1.807, 2.05) is 38.1 Å². The lowest BCUT2D eigenvalue weighted by Crippen LogP contribution is -2.49. The van der Waals surface area contributed by atoms with Crippen LogP contribution in [0.4, 0.5) is 5.69 Å². The topological polar surface area (TPSA) is 69.6 Å². The molecule has 0 saturated carbocycles. The van der Waals surface area contributed by atoms with E-state index in [1.54, 1.807) is 11.8 Å². The predicted octanol–water partition coefficient (Wildman–Crippen LogP) is 2.15. The third kappa shape index (κ3) is 3.47. The van der Waals surface area contributed by atoms with Gasteiger partial charge < -0.3 is 15.3 Å². The van der Waals surface area contributed by atoms with Crippen LogP contribution in [0.3, 0.4) is 0 Å². The van der Waals surface area contributed by atoms with Gasteiger partial charge in [-0.3, -0.25) is 9.59 Å². The van der Waals surface area contributed by atoms with Gasteiger partial charge in [0.05, 0.1) is 12.5 Å². The van der Waals surface area contributed by atoms with Crippen LogP contribution in [0, 0.1) is 5.92 Å². The zero-order valence-corrected chi connectivity index (χ0v) is 13.4. The molecule has 3 atom stereocenters. The van der Waals surface area contributed by atoms with E-state index >= 15 is 0 Å². The van der Waals surface area contributed by atoms with Crippen molar-refractivity contribution in [2.45, 2.75) is 52.3 Å². The van der Waals surface area contributed by atoms with Gasteiger partial charge >= 0.3 is 0 Å². The van der Waals surface area contributed by atoms with Gasteiger partial charge in [0.2, 0.25) is 11.8 Å². The summed E-state index contributed by atoms with van der Waals surface area (Å²) in [4.78, 5) is 26.8. The number of amides is 2. The minimum absolute atomic E-state index is 0.0301. The predicted molar refractivity (Wildman–Crippen MR) is 85.2 cm³/mol. The van der Waals surface area contributed by atoms with E-state index in [2.05, 4.69) is 5.32 Å². The van der Waals surface area contributed by atoms with Gasteiger partial charge in [-0.25, -0.2) is 0 Å². The molecule has 0 aromatic heterocycles. The third-order valence-corrected chi connectivity index (χ3v) is 4.19. The smallest absolute Gasteiger partial charge is 0.247 e. The maximum atomic E-state index is 12.6. The van der Waals surface area contributed by atoms with Crippen molar-refractivity contribution in [3.8, 4) is 0 Å². The Labute approximate surface area is 131 Å². The molecule has 22 heavy (non-hydrogen) atoms. The fourth-order valence-electron chi connectivity index (χ4n) is 2.81. The Hall–Kier alpha value is -1.88. The molecule has 0 aliphatic carbocycles. The van der Waals surface area contributed by atoms with Crippen LogP contribution in [0.15, 0.2) is 24.3 Å². The summed E-state index contributed by atoms with van der Waals surface area (Å²) in [5.41, 5.74) is 1.67. The summed E-state index contributed by atoms with van der Waals surface area (Å²) in [7, 11) is 0. The van der Waals surface area contributed by atoms with E-state index < -0.39 is 12.1 Å². The third-order valence-electron chi connectivity index (χ3n) is 4.19. The van der Waals surface area contributed by atoms with E-state index in [4.69, 9.17) is 0 Å². The number of benzene rings is 1. The highest BCUT2D eigenvalue weighted by atomic mass is 16.3. The average molecular weight is 304 g/mol. The zero-order valence-electron chi connectivity index (χ0n) is 13.4. The number of fused-ring (bicyclic) bond motifs is 1. The van der Waals surface area contributed by atoms with Crippen LogP contribution in [0.25, 0.3) is 0 Å².